The van der Waals surface area contributed by atoms with Gasteiger partial charge in [0, 0.05) is 38.6 Å². The molecule has 0 amide bonds. The summed E-state index contributed by atoms with van der Waals surface area (Å²) in [5.41, 5.74) is 0. The minimum atomic E-state index is 0.0947. The number of hydrogen-bond donors (Lipinski definition) is 0. The molecule has 7 heteroatoms. The van der Waals surface area contributed by atoms with Crippen LogP contribution < -0.4 is 0 Å². The Morgan fingerprint density at radius 3 is 2.62 bits per heavy atom. The Morgan fingerprint density at radius 1 is 0.862 bits per heavy atom. The van der Waals surface area contributed by atoms with Crippen molar-refractivity contribution >= 4 is 0 Å². The normalized spacial score (nSPS) is 54.6. The van der Waals surface area contributed by atoms with Gasteiger partial charge in [0.1, 0.15) is 19.7 Å². The number of fused-ring (bicyclic) bond motifs is 7. The summed E-state index contributed by atoms with van der Waals surface area (Å²) >= 11 is 0. The molecule has 0 aromatic rings. The summed E-state index contributed by atoms with van der Waals surface area (Å²) in [6.45, 7) is 4.00. The van der Waals surface area contributed by atoms with E-state index in [9.17, 15) is 0 Å². The maximum Gasteiger partial charge on any atom is 0.147 e. The minimum Gasteiger partial charge on any atom is -0.379 e. The molecule has 11 atom stereocenters. The standard InChI is InChI=1S/C22H35NO6/c1-24-17-6-13-8-23-4-3-12-5-18-21(29-11-27-18)22(25-2)19(12)16(23)7-14(13)15-9-26-10-28-20(15)17/h12-22H,3-11H2,1-2H3. The second kappa shape index (κ2) is 7.69. The number of methoxy groups -OCH3 is 2. The van der Waals surface area contributed by atoms with Crippen molar-refractivity contribution in [2.45, 2.75) is 62.2 Å². The Kier molecular flexibility index (Phi) is 5.15. The van der Waals surface area contributed by atoms with E-state index in [1.807, 2.05) is 14.2 Å². The molecular formula is C22H35NO6. The Bertz CT molecular complexity index is 606. The zero-order valence-corrected chi connectivity index (χ0v) is 17.6. The van der Waals surface area contributed by atoms with Gasteiger partial charge in [-0.15, -0.1) is 0 Å². The van der Waals surface area contributed by atoms with E-state index in [2.05, 4.69) is 4.90 Å². The molecule has 0 aromatic carbocycles. The first-order chi connectivity index (χ1) is 14.3. The highest BCUT2D eigenvalue weighted by Gasteiger charge is 2.58. The van der Waals surface area contributed by atoms with Crippen molar-refractivity contribution in [2.24, 2.45) is 29.6 Å². The van der Waals surface area contributed by atoms with Crippen LogP contribution >= 0.6 is 0 Å². The van der Waals surface area contributed by atoms with Gasteiger partial charge in [-0.2, -0.15) is 0 Å². The van der Waals surface area contributed by atoms with Crippen LogP contribution in [0.2, 0.25) is 0 Å². The molecule has 7 nitrogen and oxygen atoms in total. The molecule has 4 aliphatic heterocycles. The van der Waals surface area contributed by atoms with E-state index >= 15 is 0 Å². The van der Waals surface area contributed by atoms with Crippen LogP contribution in [0, 0.1) is 29.6 Å². The van der Waals surface area contributed by atoms with E-state index in [1.165, 1.54) is 25.9 Å². The molecule has 0 bridgehead atoms. The maximum absolute atomic E-state index is 6.10. The number of nitrogens with zero attached hydrogens (tertiary/aromatic N) is 1. The second-order valence-electron chi connectivity index (χ2n) is 10.0. The molecule has 0 N–H and O–H groups in total. The predicted octanol–water partition coefficient (Wildman–Crippen LogP) is 1.50. The van der Waals surface area contributed by atoms with Gasteiger partial charge in [-0.25, -0.2) is 0 Å². The molecule has 6 rings (SSSR count). The molecular weight excluding hydrogens is 374 g/mol. The monoisotopic (exact) mass is 409 g/mol. The fraction of sp³-hybridized carbons (Fsp3) is 1.00. The van der Waals surface area contributed by atoms with Crippen LogP contribution in [0.1, 0.15) is 25.7 Å². The molecule has 0 spiro atoms. The quantitative estimate of drug-likeness (QED) is 0.685. The summed E-state index contributed by atoms with van der Waals surface area (Å²) in [5, 5.41) is 0. The van der Waals surface area contributed by atoms with Crippen LogP contribution in [0.15, 0.2) is 0 Å². The van der Waals surface area contributed by atoms with Gasteiger partial charge in [0.25, 0.3) is 0 Å². The fourth-order valence-corrected chi connectivity index (χ4v) is 7.89. The topological polar surface area (TPSA) is 58.6 Å². The minimum absolute atomic E-state index is 0.0947. The first-order valence-corrected chi connectivity index (χ1v) is 11.5. The van der Waals surface area contributed by atoms with Crippen LogP contribution in [0.25, 0.3) is 0 Å². The van der Waals surface area contributed by atoms with Crippen LogP contribution in [-0.4, -0.2) is 89.0 Å². The second-order valence-corrected chi connectivity index (χ2v) is 10.0. The van der Waals surface area contributed by atoms with Gasteiger partial charge in [-0.05, 0) is 50.0 Å². The fourth-order valence-electron chi connectivity index (χ4n) is 7.89. The number of piperidine rings is 2. The van der Waals surface area contributed by atoms with Gasteiger partial charge in [0.15, 0.2) is 0 Å². The summed E-state index contributed by atoms with van der Waals surface area (Å²) in [5.74, 6) is 2.95. The molecule has 0 radical (unpaired) electrons. The van der Waals surface area contributed by atoms with Crippen molar-refractivity contribution in [3.05, 3.63) is 0 Å². The summed E-state index contributed by atoms with van der Waals surface area (Å²) in [4.78, 5) is 2.77. The van der Waals surface area contributed by atoms with E-state index in [0.717, 1.165) is 19.4 Å². The van der Waals surface area contributed by atoms with Crippen LogP contribution in [0.3, 0.4) is 0 Å². The zero-order chi connectivity index (χ0) is 19.5. The Morgan fingerprint density at radius 2 is 1.76 bits per heavy atom. The van der Waals surface area contributed by atoms with Crippen molar-refractivity contribution in [1.82, 2.24) is 4.90 Å². The largest absolute Gasteiger partial charge is 0.379 e. The first-order valence-electron chi connectivity index (χ1n) is 11.5. The van der Waals surface area contributed by atoms with Crippen molar-refractivity contribution in [2.75, 3.05) is 47.5 Å². The average molecular weight is 410 g/mol. The summed E-state index contributed by atoms with van der Waals surface area (Å²) in [6.07, 6.45) is 5.52. The van der Waals surface area contributed by atoms with Crippen LogP contribution in [-0.2, 0) is 28.4 Å². The molecule has 4 heterocycles. The van der Waals surface area contributed by atoms with Gasteiger partial charge in [0.05, 0.1) is 31.0 Å². The summed E-state index contributed by atoms with van der Waals surface area (Å²) in [7, 11) is 3.70. The van der Waals surface area contributed by atoms with Crippen LogP contribution in [0.5, 0.6) is 0 Å². The SMILES string of the molecule is COC1CC2CN3CCC4CC5OCOC5C(OC)C4C3CC2C2COCOC12. The van der Waals surface area contributed by atoms with E-state index in [1.54, 1.807) is 0 Å². The Hall–Kier alpha value is -0.280. The molecule has 2 saturated carbocycles. The van der Waals surface area contributed by atoms with Crippen molar-refractivity contribution < 1.29 is 28.4 Å². The van der Waals surface area contributed by atoms with Gasteiger partial charge in [-0.3, -0.25) is 4.90 Å². The zero-order valence-electron chi connectivity index (χ0n) is 17.6. The van der Waals surface area contributed by atoms with Gasteiger partial charge in [0.2, 0.25) is 0 Å². The number of hydrogen-bond acceptors (Lipinski definition) is 7. The third-order valence-corrected chi connectivity index (χ3v) is 9.08. The molecule has 29 heavy (non-hydrogen) atoms. The highest BCUT2D eigenvalue weighted by molar-refractivity contribution is 5.08. The van der Waals surface area contributed by atoms with E-state index in [-0.39, 0.29) is 30.5 Å². The van der Waals surface area contributed by atoms with Gasteiger partial charge in [-0.1, -0.05) is 0 Å². The van der Waals surface area contributed by atoms with Gasteiger partial charge < -0.3 is 28.4 Å². The lowest BCUT2D eigenvalue weighted by atomic mass is 9.59. The van der Waals surface area contributed by atoms with E-state index in [4.69, 9.17) is 28.4 Å². The highest BCUT2D eigenvalue weighted by Crippen LogP contribution is 2.52. The highest BCUT2D eigenvalue weighted by atomic mass is 16.7. The third kappa shape index (κ3) is 3.04. The van der Waals surface area contributed by atoms with Crippen LogP contribution in [0.4, 0.5) is 0 Å². The van der Waals surface area contributed by atoms with Gasteiger partial charge >= 0.3 is 0 Å². The number of ether oxygens (including phenoxy) is 6. The first kappa shape index (κ1) is 19.4. The third-order valence-electron chi connectivity index (χ3n) is 9.08. The lowest BCUT2D eigenvalue weighted by Crippen LogP contribution is -2.66. The summed E-state index contributed by atoms with van der Waals surface area (Å²) < 4.78 is 35.7. The molecule has 164 valence electrons. The van der Waals surface area contributed by atoms with E-state index < -0.39 is 0 Å². The Labute approximate surface area is 173 Å². The molecule has 4 saturated heterocycles. The lowest BCUT2D eigenvalue weighted by molar-refractivity contribution is -0.248. The molecule has 6 aliphatic rings. The molecule has 6 fully saturated rings. The van der Waals surface area contributed by atoms with Crippen molar-refractivity contribution in [3.63, 3.8) is 0 Å². The van der Waals surface area contributed by atoms with E-state index in [0.29, 0.717) is 49.2 Å². The van der Waals surface area contributed by atoms with Crippen molar-refractivity contribution in [1.29, 1.82) is 0 Å². The smallest absolute Gasteiger partial charge is 0.147 e. The molecule has 2 aliphatic carbocycles. The molecule has 11 unspecified atom stereocenters. The maximum atomic E-state index is 6.10. The average Bonchev–Trinajstić information content (AvgIpc) is 3.24. The number of rotatable bonds is 2. The van der Waals surface area contributed by atoms with Crippen molar-refractivity contribution in [3.8, 4) is 0 Å². The molecule has 0 aromatic heterocycles. The Balaban J connectivity index is 1.27. The lowest BCUT2D eigenvalue weighted by Gasteiger charge is -2.59. The summed E-state index contributed by atoms with van der Waals surface area (Å²) in [6, 6.07) is 0.562. The predicted molar refractivity (Wildman–Crippen MR) is 103 cm³/mol.